The molecule has 0 saturated carbocycles. The van der Waals surface area contributed by atoms with Gasteiger partial charge in [-0.1, -0.05) is 13.0 Å². The van der Waals surface area contributed by atoms with Crippen LogP contribution in [0.25, 0.3) is 5.65 Å². The molecule has 5 heteroatoms. The van der Waals surface area contributed by atoms with Gasteiger partial charge in [0, 0.05) is 26.3 Å². The Hall–Kier alpha value is -1.59. The zero-order valence-electron chi connectivity index (χ0n) is 13.4. The Morgan fingerprint density at radius 1 is 1.38 bits per heavy atom. The molecule has 0 aliphatic heterocycles. The average Bonchev–Trinajstić information content (AvgIpc) is 2.76. The Morgan fingerprint density at radius 2 is 2.14 bits per heavy atom. The summed E-state index contributed by atoms with van der Waals surface area (Å²) in [7, 11) is 1.98. The molecule has 2 aromatic heterocycles. The minimum absolute atomic E-state index is 0.539. The first kappa shape index (κ1) is 15.8. The third kappa shape index (κ3) is 3.95. The van der Waals surface area contributed by atoms with E-state index in [1.807, 2.05) is 50.2 Å². The summed E-state index contributed by atoms with van der Waals surface area (Å²) in [4.78, 5) is 6.74. The molecule has 0 amide bonds. The fraction of sp³-hybridized carbons (Fsp3) is 0.562. The number of nitrogens with one attached hydrogen (secondary N) is 1. The van der Waals surface area contributed by atoms with Gasteiger partial charge in [-0.05, 0) is 38.9 Å². The summed E-state index contributed by atoms with van der Waals surface area (Å²) in [6, 6.07) is 6.01. The van der Waals surface area contributed by atoms with Gasteiger partial charge in [-0.15, -0.1) is 0 Å². The number of anilines is 1. The molecule has 0 aliphatic carbocycles. The predicted octanol–water partition coefficient (Wildman–Crippen LogP) is 2.04. The quantitative estimate of drug-likeness (QED) is 0.766. The third-order valence-corrected chi connectivity index (χ3v) is 3.31. The number of likely N-dealkylation sites (N-methyl/N-ethyl adjacent to an activating group) is 1. The number of aliphatic hydroxyl groups is 1. The van der Waals surface area contributed by atoms with Crippen LogP contribution in [0.1, 0.15) is 32.9 Å². The monoisotopic (exact) mass is 290 g/mol. The van der Waals surface area contributed by atoms with Crippen molar-refractivity contribution in [3.8, 4) is 0 Å². The molecule has 0 aliphatic rings. The molecule has 21 heavy (non-hydrogen) atoms. The first-order valence-corrected chi connectivity index (χ1v) is 7.52. The lowest BCUT2D eigenvalue weighted by Gasteiger charge is -2.26. The highest BCUT2D eigenvalue weighted by atomic mass is 16.3. The minimum Gasteiger partial charge on any atom is -0.389 e. The van der Waals surface area contributed by atoms with Gasteiger partial charge < -0.3 is 19.7 Å². The molecule has 2 N–H and O–H groups in total. The molecule has 0 saturated heterocycles. The van der Waals surface area contributed by atoms with Gasteiger partial charge in [0.1, 0.15) is 5.65 Å². The van der Waals surface area contributed by atoms with Crippen molar-refractivity contribution < 1.29 is 5.11 Å². The highest BCUT2D eigenvalue weighted by Gasteiger charge is 2.21. The topological polar surface area (TPSA) is 52.8 Å². The van der Waals surface area contributed by atoms with Crippen LogP contribution in [0.2, 0.25) is 0 Å². The van der Waals surface area contributed by atoms with E-state index in [9.17, 15) is 5.11 Å². The lowest BCUT2D eigenvalue weighted by molar-refractivity contribution is 0.0884. The second kappa shape index (κ2) is 6.45. The minimum atomic E-state index is -0.751. The van der Waals surface area contributed by atoms with Crippen LogP contribution in [0, 0.1) is 0 Å². The number of imidazole rings is 1. The van der Waals surface area contributed by atoms with Crippen LogP contribution in [0.3, 0.4) is 0 Å². The van der Waals surface area contributed by atoms with Gasteiger partial charge in [0.15, 0.2) is 5.82 Å². The number of rotatable bonds is 7. The van der Waals surface area contributed by atoms with Crippen molar-refractivity contribution in [1.82, 2.24) is 14.7 Å². The normalized spacial score (nSPS) is 12.0. The predicted molar refractivity (Wildman–Crippen MR) is 86.8 cm³/mol. The zero-order chi connectivity index (χ0) is 15.5. The molecule has 5 nitrogen and oxygen atoms in total. The van der Waals surface area contributed by atoms with E-state index in [0.717, 1.165) is 36.7 Å². The summed E-state index contributed by atoms with van der Waals surface area (Å²) in [6.45, 7) is 8.07. The first-order chi connectivity index (χ1) is 9.92. The summed E-state index contributed by atoms with van der Waals surface area (Å²) in [5.74, 6) is 0.923. The van der Waals surface area contributed by atoms with E-state index in [2.05, 4.69) is 16.6 Å². The van der Waals surface area contributed by atoms with Gasteiger partial charge in [-0.3, -0.25) is 0 Å². The second-order valence-corrected chi connectivity index (χ2v) is 6.16. The third-order valence-electron chi connectivity index (χ3n) is 3.31. The van der Waals surface area contributed by atoms with E-state index in [1.165, 1.54) is 0 Å². The summed E-state index contributed by atoms with van der Waals surface area (Å²) in [5.41, 5.74) is 1.31. The SMILES string of the molecule is CCCNCc1c(N(C)CC(C)(C)O)nc2ccccn12. The van der Waals surface area contributed by atoms with Crippen molar-refractivity contribution in [3.63, 3.8) is 0 Å². The Balaban J connectivity index is 2.34. The van der Waals surface area contributed by atoms with Crippen LogP contribution < -0.4 is 10.2 Å². The summed E-state index contributed by atoms with van der Waals surface area (Å²) in [5, 5.41) is 13.5. The Morgan fingerprint density at radius 3 is 2.81 bits per heavy atom. The van der Waals surface area contributed by atoms with Crippen LogP contribution in [0.4, 0.5) is 5.82 Å². The molecule has 2 aromatic rings. The lowest BCUT2D eigenvalue weighted by Crippen LogP contribution is -2.37. The van der Waals surface area contributed by atoms with Crippen LogP contribution in [0.15, 0.2) is 24.4 Å². The molecule has 0 atom stereocenters. The van der Waals surface area contributed by atoms with Crippen molar-refractivity contribution in [3.05, 3.63) is 30.1 Å². The van der Waals surface area contributed by atoms with E-state index in [-0.39, 0.29) is 0 Å². The number of hydrogen-bond donors (Lipinski definition) is 2. The van der Waals surface area contributed by atoms with Gasteiger partial charge >= 0.3 is 0 Å². The van der Waals surface area contributed by atoms with Crippen LogP contribution in [-0.2, 0) is 6.54 Å². The Labute approximate surface area is 126 Å². The van der Waals surface area contributed by atoms with E-state index in [1.54, 1.807) is 0 Å². The fourth-order valence-corrected chi connectivity index (χ4v) is 2.54. The standard InChI is InChI=1S/C16H26N4O/c1-5-9-17-11-13-15(19(4)12-16(2,3)21)18-14-8-6-7-10-20(13)14/h6-8,10,17,21H,5,9,11-12H2,1-4H3. The van der Waals surface area contributed by atoms with Crippen molar-refractivity contribution in [2.75, 3.05) is 25.0 Å². The lowest BCUT2D eigenvalue weighted by atomic mass is 10.1. The molecule has 0 fully saturated rings. The number of pyridine rings is 1. The number of hydrogen-bond acceptors (Lipinski definition) is 4. The number of aromatic nitrogens is 2. The highest BCUT2D eigenvalue weighted by Crippen LogP contribution is 2.22. The maximum absolute atomic E-state index is 10.0. The van der Waals surface area contributed by atoms with Crippen LogP contribution in [-0.4, -0.2) is 40.2 Å². The highest BCUT2D eigenvalue weighted by molar-refractivity contribution is 5.55. The second-order valence-electron chi connectivity index (χ2n) is 6.16. The molecule has 0 bridgehead atoms. The van der Waals surface area contributed by atoms with E-state index < -0.39 is 5.60 Å². The number of fused-ring (bicyclic) bond motifs is 1. The molecular weight excluding hydrogens is 264 g/mol. The van der Waals surface area contributed by atoms with E-state index in [4.69, 9.17) is 4.98 Å². The zero-order valence-corrected chi connectivity index (χ0v) is 13.4. The van der Waals surface area contributed by atoms with Crippen molar-refractivity contribution in [2.45, 2.75) is 39.3 Å². The maximum Gasteiger partial charge on any atom is 0.152 e. The fourth-order valence-electron chi connectivity index (χ4n) is 2.54. The molecule has 2 heterocycles. The largest absolute Gasteiger partial charge is 0.389 e. The molecule has 116 valence electrons. The van der Waals surface area contributed by atoms with Gasteiger partial charge in [-0.25, -0.2) is 4.98 Å². The van der Waals surface area contributed by atoms with Crippen LogP contribution >= 0.6 is 0 Å². The molecule has 0 spiro atoms. The molecule has 0 radical (unpaired) electrons. The van der Waals surface area contributed by atoms with E-state index >= 15 is 0 Å². The van der Waals surface area contributed by atoms with E-state index in [0.29, 0.717) is 6.54 Å². The van der Waals surface area contributed by atoms with Crippen molar-refractivity contribution in [2.24, 2.45) is 0 Å². The van der Waals surface area contributed by atoms with Gasteiger partial charge in [0.05, 0.1) is 11.3 Å². The summed E-state index contributed by atoms with van der Waals surface area (Å²) >= 11 is 0. The Bertz CT molecular complexity index is 585. The average molecular weight is 290 g/mol. The molecule has 0 unspecified atom stereocenters. The summed E-state index contributed by atoms with van der Waals surface area (Å²) < 4.78 is 2.11. The maximum atomic E-state index is 10.0. The molecule has 0 aromatic carbocycles. The van der Waals surface area contributed by atoms with Gasteiger partial charge in [0.2, 0.25) is 0 Å². The van der Waals surface area contributed by atoms with Gasteiger partial charge in [-0.2, -0.15) is 0 Å². The smallest absolute Gasteiger partial charge is 0.152 e. The summed E-state index contributed by atoms with van der Waals surface area (Å²) in [6.07, 6.45) is 3.14. The first-order valence-electron chi connectivity index (χ1n) is 7.52. The molecule has 2 rings (SSSR count). The molecular formula is C16H26N4O. The Kier molecular flexibility index (Phi) is 4.85. The van der Waals surface area contributed by atoms with Crippen molar-refractivity contribution >= 4 is 11.5 Å². The van der Waals surface area contributed by atoms with Crippen LogP contribution in [0.5, 0.6) is 0 Å². The number of nitrogens with zero attached hydrogens (tertiary/aromatic N) is 3. The van der Waals surface area contributed by atoms with Gasteiger partial charge in [0.25, 0.3) is 0 Å². The van der Waals surface area contributed by atoms with Crippen molar-refractivity contribution in [1.29, 1.82) is 0 Å².